The number of hydrogen-bond donors (Lipinski definition) is 1. The number of aromatic nitrogens is 3. The molecule has 0 amide bonds. The number of pyridine rings is 1. The third kappa shape index (κ3) is 5.11. The van der Waals surface area contributed by atoms with E-state index in [1.54, 1.807) is 0 Å². The van der Waals surface area contributed by atoms with Crippen LogP contribution in [0.3, 0.4) is 0 Å². The molecule has 4 heterocycles. The van der Waals surface area contributed by atoms with Crippen molar-refractivity contribution in [2.24, 2.45) is 0 Å². The average Bonchev–Trinajstić information content (AvgIpc) is 3.10. The van der Waals surface area contributed by atoms with Crippen molar-refractivity contribution in [1.29, 1.82) is 0 Å². The van der Waals surface area contributed by atoms with Crippen molar-refractivity contribution in [2.45, 2.75) is 32.6 Å². The molecule has 6 heteroatoms. The number of nitrogens with one attached hydrogen (secondary N) is 1. The van der Waals surface area contributed by atoms with Gasteiger partial charge in [0.2, 0.25) is 0 Å². The van der Waals surface area contributed by atoms with Gasteiger partial charge in [0, 0.05) is 29.7 Å². The Bertz CT molecular complexity index is 650. The normalized spacial score (nSPS) is 18.5. The third-order valence-electron chi connectivity index (χ3n) is 4.56. The van der Waals surface area contributed by atoms with Crippen molar-refractivity contribution >= 4 is 0 Å². The molecule has 0 aliphatic carbocycles. The van der Waals surface area contributed by atoms with Crippen LogP contribution in [0.1, 0.15) is 36.0 Å². The largest absolute Gasteiger partial charge is 0.377 e. The molecule has 1 N–H and O–H groups in total. The van der Waals surface area contributed by atoms with E-state index < -0.39 is 0 Å². The maximum absolute atomic E-state index is 4.94. The van der Waals surface area contributed by atoms with Gasteiger partial charge in [0.05, 0.1) is 32.1 Å². The molecule has 0 spiro atoms. The van der Waals surface area contributed by atoms with Gasteiger partial charge < -0.3 is 19.4 Å². The molecule has 2 aliphatic rings. The maximum atomic E-state index is 4.94. The van der Waals surface area contributed by atoms with E-state index in [9.17, 15) is 0 Å². The summed E-state index contributed by atoms with van der Waals surface area (Å²) in [5.41, 5.74) is 3.49. The van der Waals surface area contributed by atoms with Gasteiger partial charge in [-0.1, -0.05) is 0 Å². The van der Waals surface area contributed by atoms with Gasteiger partial charge in [-0.25, -0.2) is 4.98 Å². The van der Waals surface area contributed by atoms with Crippen molar-refractivity contribution in [3.63, 3.8) is 0 Å². The molecule has 2 fully saturated rings. The first-order valence-electron chi connectivity index (χ1n) is 9.09. The molecule has 6 nitrogen and oxygen atoms in total. The number of hydrogen-bond acceptors (Lipinski definition) is 5. The minimum absolute atomic E-state index is 0.587. The second-order valence-electron chi connectivity index (χ2n) is 6.49. The summed E-state index contributed by atoms with van der Waals surface area (Å²) in [6.07, 6.45) is 6.21. The summed E-state index contributed by atoms with van der Waals surface area (Å²) in [4.78, 5) is 9.03. The molecule has 0 atom stereocenters. The van der Waals surface area contributed by atoms with Crippen LogP contribution in [0.25, 0.3) is 5.69 Å². The van der Waals surface area contributed by atoms with Crippen LogP contribution in [0.2, 0.25) is 0 Å². The summed E-state index contributed by atoms with van der Waals surface area (Å²) < 4.78 is 12.0. The minimum Gasteiger partial charge on any atom is -0.377 e. The average molecular weight is 344 g/mol. The molecular weight excluding hydrogens is 316 g/mol. The Morgan fingerprint density at radius 2 is 1.72 bits per heavy atom. The lowest BCUT2D eigenvalue weighted by Crippen LogP contribution is -2.27. The molecule has 0 saturated carbocycles. The summed E-state index contributed by atoms with van der Waals surface area (Å²) in [6.45, 7) is 9.40. The molecule has 0 unspecified atom stereocenters. The summed E-state index contributed by atoms with van der Waals surface area (Å²) in [7, 11) is 0. The van der Waals surface area contributed by atoms with Crippen LogP contribution in [0, 0.1) is 13.8 Å². The fourth-order valence-electron chi connectivity index (χ4n) is 3.23. The lowest BCUT2D eigenvalue weighted by atomic mass is 9.93. The van der Waals surface area contributed by atoms with Gasteiger partial charge in [0.25, 0.3) is 0 Å². The van der Waals surface area contributed by atoms with E-state index in [1.807, 2.05) is 19.3 Å². The Morgan fingerprint density at radius 1 is 1.04 bits per heavy atom. The first-order chi connectivity index (χ1) is 12.2. The van der Waals surface area contributed by atoms with Crippen molar-refractivity contribution < 1.29 is 9.47 Å². The smallest absolute Gasteiger partial charge is 0.110 e. The lowest BCUT2D eigenvalue weighted by Gasteiger charge is -2.23. The molecule has 136 valence electrons. The zero-order valence-corrected chi connectivity index (χ0v) is 15.2. The van der Waals surface area contributed by atoms with E-state index in [1.165, 1.54) is 24.2 Å². The fourth-order valence-corrected chi connectivity index (χ4v) is 3.23. The Labute approximate surface area is 149 Å². The predicted octanol–water partition coefficient (Wildman–Crippen LogP) is 2.38. The topological polar surface area (TPSA) is 61.2 Å². The Morgan fingerprint density at radius 3 is 2.28 bits per heavy atom. The Kier molecular flexibility index (Phi) is 6.55. The molecule has 4 rings (SSSR count). The number of rotatable bonds is 2. The third-order valence-corrected chi connectivity index (χ3v) is 4.56. The van der Waals surface area contributed by atoms with Crippen LogP contribution < -0.4 is 5.32 Å². The van der Waals surface area contributed by atoms with Gasteiger partial charge in [-0.15, -0.1) is 0 Å². The van der Waals surface area contributed by atoms with E-state index in [0.717, 1.165) is 51.0 Å². The van der Waals surface area contributed by atoms with E-state index in [0.29, 0.717) is 5.92 Å². The second-order valence-corrected chi connectivity index (χ2v) is 6.49. The van der Waals surface area contributed by atoms with E-state index >= 15 is 0 Å². The van der Waals surface area contributed by atoms with Gasteiger partial charge in [-0.3, -0.25) is 4.98 Å². The molecule has 25 heavy (non-hydrogen) atoms. The quantitative estimate of drug-likeness (QED) is 0.906. The highest BCUT2D eigenvalue weighted by molar-refractivity contribution is 5.37. The van der Waals surface area contributed by atoms with Crippen LogP contribution in [-0.2, 0) is 9.47 Å². The predicted molar refractivity (Wildman–Crippen MR) is 97.3 cm³/mol. The number of ether oxygens (including phenoxy) is 2. The molecular formula is C19H28N4O2. The maximum Gasteiger partial charge on any atom is 0.110 e. The van der Waals surface area contributed by atoms with Crippen molar-refractivity contribution in [2.75, 3.05) is 39.5 Å². The molecule has 2 aromatic heterocycles. The minimum atomic E-state index is 0.587. The van der Waals surface area contributed by atoms with E-state index in [4.69, 9.17) is 14.5 Å². The van der Waals surface area contributed by atoms with Crippen molar-refractivity contribution in [3.8, 4) is 5.69 Å². The fraction of sp³-hybridized carbons (Fsp3) is 0.579. The van der Waals surface area contributed by atoms with Gasteiger partial charge in [0.15, 0.2) is 0 Å². The molecule has 2 aromatic rings. The molecule has 2 saturated heterocycles. The number of piperidine rings is 1. The summed E-state index contributed by atoms with van der Waals surface area (Å²) in [5, 5.41) is 3.41. The highest BCUT2D eigenvalue weighted by Gasteiger charge is 2.17. The Hall–Kier alpha value is -1.76. The monoisotopic (exact) mass is 344 g/mol. The van der Waals surface area contributed by atoms with Crippen LogP contribution >= 0.6 is 0 Å². The SMILES string of the molecule is C1COCCO1.Cc1cc(-n2ccnc2C)cc(C2CCNCC2)n1. The molecule has 0 bridgehead atoms. The molecule has 0 radical (unpaired) electrons. The van der Waals surface area contributed by atoms with Crippen molar-refractivity contribution in [3.05, 3.63) is 41.7 Å². The summed E-state index contributed by atoms with van der Waals surface area (Å²) >= 11 is 0. The number of imidazole rings is 1. The second kappa shape index (κ2) is 9.08. The van der Waals surface area contributed by atoms with Crippen molar-refractivity contribution in [1.82, 2.24) is 19.9 Å². The van der Waals surface area contributed by atoms with Crippen LogP contribution in [0.4, 0.5) is 0 Å². The zero-order chi connectivity index (χ0) is 17.5. The van der Waals surface area contributed by atoms with Crippen LogP contribution in [0.15, 0.2) is 24.5 Å². The van der Waals surface area contributed by atoms with E-state index in [-0.39, 0.29) is 0 Å². The summed E-state index contributed by atoms with van der Waals surface area (Å²) in [5.74, 6) is 1.60. The molecule has 2 aliphatic heterocycles. The highest BCUT2D eigenvalue weighted by atomic mass is 16.6. The first-order valence-corrected chi connectivity index (χ1v) is 9.09. The van der Waals surface area contributed by atoms with Gasteiger partial charge in [0.1, 0.15) is 5.82 Å². The van der Waals surface area contributed by atoms with Gasteiger partial charge >= 0.3 is 0 Å². The van der Waals surface area contributed by atoms with Crippen LogP contribution in [-0.4, -0.2) is 54.1 Å². The van der Waals surface area contributed by atoms with Gasteiger partial charge in [-0.05, 0) is 51.9 Å². The zero-order valence-electron chi connectivity index (χ0n) is 15.2. The molecule has 0 aromatic carbocycles. The standard InChI is InChI=1S/C15H20N4.C4H8O2/c1-11-9-14(19-8-7-17-12(19)2)10-15(18-11)13-3-5-16-6-4-13;1-2-6-4-3-5-1/h7-10,13,16H,3-6H2,1-2H3;1-4H2. The lowest BCUT2D eigenvalue weighted by molar-refractivity contribution is -0.0334. The summed E-state index contributed by atoms with van der Waals surface area (Å²) in [6, 6.07) is 4.34. The van der Waals surface area contributed by atoms with Crippen LogP contribution in [0.5, 0.6) is 0 Å². The van der Waals surface area contributed by atoms with Gasteiger partial charge in [-0.2, -0.15) is 0 Å². The number of aryl methyl sites for hydroxylation is 2. The number of nitrogens with zero attached hydrogens (tertiary/aromatic N) is 3. The first kappa shape index (κ1) is 18.0. The van der Waals surface area contributed by atoms with E-state index in [2.05, 4.69) is 33.9 Å². The Balaban J connectivity index is 0.000000258. The highest BCUT2D eigenvalue weighted by Crippen LogP contribution is 2.26.